The molecule has 0 aliphatic carbocycles. The van der Waals surface area contributed by atoms with Crippen LogP contribution in [0.5, 0.6) is 0 Å². The molecule has 0 atom stereocenters. The number of carbonyl (C=O) groups excluding carboxylic acids is 1. The first-order valence-corrected chi connectivity index (χ1v) is 4.12. The van der Waals surface area contributed by atoms with E-state index in [2.05, 4.69) is 0 Å². The zero-order chi connectivity index (χ0) is 10.4. The maximum absolute atomic E-state index is 10.6. The Kier molecular flexibility index (Phi) is 4.99. The van der Waals surface area contributed by atoms with Crippen LogP contribution in [-0.4, -0.2) is 42.3 Å². The number of allylic oxidation sites excluding steroid dienone is 1. The van der Waals surface area contributed by atoms with E-state index in [1.807, 2.05) is 19.1 Å². The maximum atomic E-state index is 10.6. The number of hydrogen-bond acceptors (Lipinski definition) is 3. The van der Waals surface area contributed by atoms with Gasteiger partial charge in [0.1, 0.15) is 5.84 Å². The molecule has 4 nitrogen and oxygen atoms in total. The predicted molar refractivity (Wildman–Crippen MR) is 53.6 cm³/mol. The second-order valence-electron chi connectivity index (χ2n) is 3.03. The van der Waals surface area contributed by atoms with Crippen molar-refractivity contribution in [1.29, 1.82) is 5.41 Å². The van der Waals surface area contributed by atoms with E-state index in [0.29, 0.717) is 12.4 Å². The molecule has 0 spiro atoms. The first kappa shape index (κ1) is 11.8. The van der Waals surface area contributed by atoms with E-state index in [9.17, 15) is 4.79 Å². The lowest BCUT2D eigenvalue weighted by Gasteiger charge is -2.28. The first-order valence-electron chi connectivity index (χ1n) is 4.12. The van der Waals surface area contributed by atoms with Gasteiger partial charge in [0.05, 0.1) is 6.54 Å². The Balaban J connectivity index is 4.12. The smallest absolute Gasteiger partial charge is 0.152 e. The van der Waals surface area contributed by atoms with Crippen molar-refractivity contribution < 1.29 is 4.79 Å². The van der Waals surface area contributed by atoms with Crippen LogP contribution in [0.15, 0.2) is 12.2 Å². The Bertz CT molecular complexity index is 221. The Morgan fingerprint density at radius 3 is 2.23 bits per heavy atom. The van der Waals surface area contributed by atoms with E-state index in [1.165, 1.54) is 13.0 Å². The van der Waals surface area contributed by atoms with Crippen LogP contribution in [0, 0.1) is 5.41 Å². The lowest BCUT2D eigenvalue weighted by Crippen LogP contribution is -2.40. The van der Waals surface area contributed by atoms with E-state index in [-0.39, 0.29) is 5.78 Å². The Labute approximate surface area is 79.3 Å². The average molecular weight is 183 g/mol. The predicted octanol–water partition coefficient (Wildman–Crippen LogP) is 0.907. The third kappa shape index (κ3) is 5.14. The number of amidine groups is 1. The molecule has 0 rings (SSSR count). The highest BCUT2D eigenvalue weighted by molar-refractivity contribution is 5.87. The second kappa shape index (κ2) is 5.48. The molecule has 13 heavy (non-hydrogen) atoms. The van der Waals surface area contributed by atoms with Gasteiger partial charge >= 0.3 is 0 Å². The van der Waals surface area contributed by atoms with Crippen LogP contribution in [0.2, 0.25) is 0 Å². The molecular formula is C9H17N3O. The minimum absolute atomic E-state index is 0.0290. The molecule has 0 heterocycles. The summed E-state index contributed by atoms with van der Waals surface area (Å²) in [5.41, 5.74) is 0. The number of hydrazine groups is 1. The SMILES string of the molecule is CC(=N)N(C/C=C/C(C)=O)N(C)C. The summed E-state index contributed by atoms with van der Waals surface area (Å²) in [6.07, 6.45) is 3.26. The van der Waals surface area contributed by atoms with Crippen molar-refractivity contribution in [2.45, 2.75) is 13.8 Å². The van der Waals surface area contributed by atoms with Crippen molar-refractivity contribution >= 4 is 11.6 Å². The van der Waals surface area contributed by atoms with Crippen LogP contribution < -0.4 is 0 Å². The van der Waals surface area contributed by atoms with E-state index in [4.69, 9.17) is 5.41 Å². The largest absolute Gasteiger partial charge is 0.295 e. The topological polar surface area (TPSA) is 47.4 Å². The summed E-state index contributed by atoms with van der Waals surface area (Å²) in [5, 5.41) is 11.0. The molecule has 0 aromatic carbocycles. The maximum Gasteiger partial charge on any atom is 0.152 e. The van der Waals surface area contributed by atoms with Crippen LogP contribution in [0.3, 0.4) is 0 Å². The molecule has 1 N–H and O–H groups in total. The van der Waals surface area contributed by atoms with Gasteiger partial charge in [0.2, 0.25) is 0 Å². The third-order valence-electron chi connectivity index (χ3n) is 1.50. The fraction of sp³-hybridized carbons (Fsp3) is 0.556. The zero-order valence-corrected chi connectivity index (χ0v) is 8.66. The summed E-state index contributed by atoms with van der Waals surface area (Å²) in [7, 11) is 3.72. The molecule has 74 valence electrons. The Hall–Kier alpha value is -1.16. The monoisotopic (exact) mass is 183 g/mol. The quantitative estimate of drug-likeness (QED) is 0.305. The number of ketones is 1. The van der Waals surface area contributed by atoms with Crippen LogP contribution in [-0.2, 0) is 4.79 Å². The zero-order valence-electron chi connectivity index (χ0n) is 8.66. The number of nitrogens with one attached hydrogen (secondary N) is 1. The molecule has 0 saturated carbocycles. The van der Waals surface area contributed by atoms with Gasteiger partial charge in [0.15, 0.2) is 5.78 Å². The molecule has 0 saturated heterocycles. The van der Waals surface area contributed by atoms with Gasteiger partial charge in [-0.1, -0.05) is 6.08 Å². The molecule has 0 bridgehead atoms. The molecule has 0 aliphatic heterocycles. The summed E-state index contributed by atoms with van der Waals surface area (Å²) < 4.78 is 0. The fourth-order valence-electron chi connectivity index (χ4n) is 0.919. The Morgan fingerprint density at radius 2 is 1.92 bits per heavy atom. The van der Waals surface area contributed by atoms with Gasteiger partial charge in [0, 0.05) is 14.1 Å². The lowest BCUT2D eigenvalue weighted by molar-refractivity contribution is -0.112. The molecule has 4 heteroatoms. The second-order valence-corrected chi connectivity index (χ2v) is 3.03. The minimum Gasteiger partial charge on any atom is -0.295 e. The standard InChI is InChI=1S/C9H17N3O/c1-8(13)6-5-7-12(9(2)10)11(3)4/h5-6,10H,7H2,1-4H3/b6-5+,10-9?. The molecule has 0 aromatic heterocycles. The van der Waals surface area contributed by atoms with Gasteiger partial charge in [-0.05, 0) is 19.9 Å². The molecule has 0 aromatic rings. The van der Waals surface area contributed by atoms with E-state index in [0.717, 1.165) is 0 Å². The summed E-state index contributed by atoms with van der Waals surface area (Å²) in [5.74, 6) is 0.486. The van der Waals surface area contributed by atoms with Crippen molar-refractivity contribution in [2.75, 3.05) is 20.6 Å². The van der Waals surface area contributed by atoms with Crippen LogP contribution >= 0.6 is 0 Å². The normalized spacial score (nSPS) is 10.8. The summed E-state index contributed by atoms with van der Waals surface area (Å²) >= 11 is 0. The van der Waals surface area contributed by atoms with Crippen molar-refractivity contribution in [2.24, 2.45) is 0 Å². The van der Waals surface area contributed by atoms with Crippen molar-refractivity contribution in [3.63, 3.8) is 0 Å². The highest BCUT2D eigenvalue weighted by Crippen LogP contribution is 1.93. The van der Waals surface area contributed by atoms with Gasteiger partial charge < -0.3 is 0 Å². The highest BCUT2D eigenvalue weighted by Gasteiger charge is 2.04. The summed E-state index contributed by atoms with van der Waals surface area (Å²) in [4.78, 5) is 10.6. The number of nitrogens with zero attached hydrogens (tertiary/aromatic N) is 2. The van der Waals surface area contributed by atoms with Gasteiger partial charge in [-0.3, -0.25) is 15.2 Å². The first-order chi connectivity index (χ1) is 5.95. The van der Waals surface area contributed by atoms with E-state index < -0.39 is 0 Å². The van der Waals surface area contributed by atoms with Crippen LogP contribution in [0.1, 0.15) is 13.8 Å². The van der Waals surface area contributed by atoms with Crippen molar-refractivity contribution in [3.8, 4) is 0 Å². The average Bonchev–Trinajstić information content (AvgIpc) is 1.95. The molecule has 0 fully saturated rings. The lowest BCUT2D eigenvalue weighted by atomic mass is 10.4. The van der Waals surface area contributed by atoms with Gasteiger partial charge in [-0.25, -0.2) is 5.01 Å². The number of hydrogen-bond donors (Lipinski definition) is 1. The number of carbonyl (C=O) groups is 1. The van der Waals surface area contributed by atoms with Crippen molar-refractivity contribution in [1.82, 2.24) is 10.0 Å². The van der Waals surface area contributed by atoms with Gasteiger partial charge in [-0.2, -0.15) is 0 Å². The van der Waals surface area contributed by atoms with Gasteiger partial charge in [-0.15, -0.1) is 0 Å². The molecule has 0 amide bonds. The fourth-order valence-corrected chi connectivity index (χ4v) is 0.919. The number of rotatable bonds is 4. The third-order valence-corrected chi connectivity index (χ3v) is 1.50. The summed E-state index contributed by atoms with van der Waals surface area (Å²) in [6.45, 7) is 3.78. The summed E-state index contributed by atoms with van der Waals surface area (Å²) in [6, 6.07) is 0. The molecular weight excluding hydrogens is 166 g/mol. The van der Waals surface area contributed by atoms with Crippen LogP contribution in [0.25, 0.3) is 0 Å². The molecule has 0 aliphatic rings. The Morgan fingerprint density at radius 1 is 1.38 bits per heavy atom. The molecule has 0 radical (unpaired) electrons. The highest BCUT2D eigenvalue weighted by atomic mass is 16.1. The van der Waals surface area contributed by atoms with E-state index >= 15 is 0 Å². The molecule has 0 unspecified atom stereocenters. The van der Waals surface area contributed by atoms with E-state index in [1.54, 1.807) is 18.0 Å². The van der Waals surface area contributed by atoms with Gasteiger partial charge in [0.25, 0.3) is 0 Å². The van der Waals surface area contributed by atoms with Crippen LogP contribution in [0.4, 0.5) is 0 Å². The van der Waals surface area contributed by atoms with Crippen molar-refractivity contribution in [3.05, 3.63) is 12.2 Å². The minimum atomic E-state index is 0.0290.